The van der Waals surface area contributed by atoms with E-state index in [4.69, 9.17) is 4.74 Å². The van der Waals surface area contributed by atoms with E-state index in [0.717, 1.165) is 12.1 Å². The maximum atomic E-state index is 13.9. The molecule has 2 aromatic rings. The number of amides is 1. The summed E-state index contributed by atoms with van der Waals surface area (Å²) in [5, 5.41) is 0. The molecule has 3 rings (SSSR count). The highest BCUT2D eigenvalue weighted by Gasteiger charge is 2.37. The standard InChI is InChI=1S/C20H22F2N2O4S/c1-4-9-24-16-11-14(6-8-17(16)28-12-20(2,3)19(24)25)23-29(26,27)18-10-13(21)5-7-15(18)22/h5-8,10-11,23H,4,9,12H2,1-3H3. The van der Waals surface area contributed by atoms with E-state index < -0.39 is 32.0 Å². The van der Waals surface area contributed by atoms with Gasteiger partial charge in [-0.3, -0.25) is 9.52 Å². The fraction of sp³-hybridized carbons (Fsp3) is 0.350. The number of anilines is 2. The number of hydrogen-bond acceptors (Lipinski definition) is 4. The van der Waals surface area contributed by atoms with Crippen LogP contribution in [0.3, 0.4) is 0 Å². The predicted octanol–water partition coefficient (Wildman–Crippen LogP) is 3.93. The van der Waals surface area contributed by atoms with Crippen LogP contribution in [0.1, 0.15) is 27.2 Å². The summed E-state index contributed by atoms with van der Waals surface area (Å²) >= 11 is 0. The zero-order valence-electron chi connectivity index (χ0n) is 16.3. The molecule has 0 aromatic heterocycles. The Morgan fingerprint density at radius 2 is 1.90 bits per heavy atom. The van der Waals surface area contributed by atoms with Crippen molar-refractivity contribution in [3.63, 3.8) is 0 Å². The number of hydrogen-bond donors (Lipinski definition) is 1. The van der Waals surface area contributed by atoms with Gasteiger partial charge in [0.05, 0.1) is 16.8 Å². The van der Waals surface area contributed by atoms with Crippen LogP contribution < -0.4 is 14.4 Å². The van der Waals surface area contributed by atoms with Gasteiger partial charge in [-0.1, -0.05) is 6.92 Å². The van der Waals surface area contributed by atoms with Crippen molar-refractivity contribution in [1.82, 2.24) is 0 Å². The van der Waals surface area contributed by atoms with Crippen LogP contribution in [-0.4, -0.2) is 27.5 Å². The predicted molar refractivity (Wildman–Crippen MR) is 106 cm³/mol. The van der Waals surface area contributed by atoms with Crippen LogP contribution in [0.15, 0.2) is 41.3 Å². The van der Waals surface area contributed by atoms with Gasteiger partial charge in [0.15, 0.2) is 0 Å². The Labute approximate surface area is 168 Å². The molecule has 1 amide bonds. The molecule has 0 saturated heterocycles. The molecule has 1 heterocycles. The van der Waals surface area contributed by atoms with Crippen molar-refractivity contribution < 1.29 is 26.7 Å². The van der Waals surface area contributed by atoms with E-state index in [2.05, 4.69) is 4.72 Å². The Morgan fingerprint density at radius 1 is 1.17 bits per heavy atom. The second kappa shape index (κ2) is 7.62. The topological polar surface area (TPSA) is 75.7 Å². The van der Waals surface area contributed by atoms with Gasteiger partial charge in [-0.2, -0.15) is 0 Å². The summed E-state index contributed by atoms with van der Waals surface area (Å²) in [6.07, 6.45) is 0.686. The monoisotopic (exact) mass is 424 g/mol. The Balaban J connectivity index is 2.01. The molecule has 2 aromatic carbocycles. The highest BCUT2D eigenvalue weighted by molar-refractivity contribution is 7.92. The molecule has 156 valence electrons. The number of nitrogens with zero attached hydrogens (tertiary/aromatic N) is 1. The van der Waals surface area contributed by atoms with E-state index in [1.165, 1.54) is 12.1 Å². The van der Waals surface area contributed by atoms with Gasteiger partial charge in [0.1, 0.15) is 28.9 Å². The number of rotatable bonds is 5. The van der Waals surface area contributed by atoms with E-state index in [1.54, 1.807) is 24.8 Å². The lowest BCUT2D eigenvalue weighted by Gasteiger charge is -2.28. The molecule has 29 heavy (non-hydrogen) atoms. The van der Waals surface area contributed by atoms with Gasteiger partial charge >= 0.3 is 0 Å². The first-order valence-electron chi connectivity index (χ1n) is 9.12. The number of carbonyl (C=O) groups excluding carboxylic acids is 1. The van der Waals surface area contributed by atoms with E-state index >= 15 is 0 Å². The first kappa shape index (κ1) is 21.0. The van der Waals surface area contributed by atoms with Crippen LogP contribution in [-0.2, 0) is 14.8 Å². The molecule has 1 aliphatic heterocycles. The zero-order valence-corrected chi connectivity index (χ0v) is 17.1. The van der Waals surface area contributed by atoms with Gasteiger partial charge in [-0.15, -0.1) is 0 Å². The third-order valence-corrected chi connectivity index (χ3v) is 5.94. The maximum Gasteiger partial charge on any atom is 0.264 e. The van der Waals surface area contributed by atoms with E-state index in [9.17, 15) is 22.0 Å². The Morgan fingerprint density at radius 3 is 2.59 bits per heavy atom. The van der Waals surface area contributed by atoms with Gasteiger partial charge in [0.25, 0.3) is 10.0 Å². The molecular formula is C20H22F2N2O4S. The molecule has 9 heteroatoms. The lowest BCUT2D eigenvalue weighted by Crippen LogP contribution is -2.42. The van der Waals surface area contributed by atoms with Gasteiger partial charge in [-0.05, 0) is 56.7 Å². The van der Waals surface area contributed by atoms with Gasteiger partial charge < -0.3 is 9.64 Å². The molecule has 0 unspecified atom stereocenters. The number of nitrogens with one attached hydrogen (secondary N) is 1. The lowest BCUT2D eigenvalue weighted by molar-refractivity contribution is -0.127. The first-order chi connectivity index (χ1) is 13.5. The summed E-state index contributed by atoms with van der Waals surface area (Å²) in [4.78, 5) is 13.7. The van der Waals surface area contributed by atoms with Crippen LogP contribution in [0, 0.1) is 17.0 Å². The number of benzene rings is 2. The average molecular weight is 424 g/mol. The average Bonchev–Trinajstić information content (AvgIpc) is 2.74. The van der Waals surface area contributed by atoms with Crippen LogP contribution in [0.5, 0.6) is 5.75 Å². The van der Waals surface area contributed by atoms with Gasteiger partial charge in [0.2, 0.25) is 5.91 Å². The third kappa shape index (κ3) is 4.19. The zero-order chi connectivity index (χ0) is 21.4. The summed E-state index contributed by atoms with van der Waals surface area (Å²) in [7, 11) is -4.38. The smallest absolute Gasteiger partial charge is 0.264 e. The number of sulfonamides is 1. The fourth-order valence-corrected chi connectivity index (χ4v) is 4.19. The second-order valence-electron chi connectivity index (χ2n) is 7.49. The lowest BCUT2D eigenvalue weighted by atomic mass is 9.93. The van der Waals surface area contributed by atoms with Crippen LogP contribution in [0.4, 0.5) is 20.2 Å². The summed E-state index contributed by atoms with van der Waals surface area (Å²) in [5.41, 5.74) is -0.231. The molecule has 0 radical (unpaired) electrons. The Bertz CT molecular complexity index is 1050. The quantitative estimate of drug-likeness (QED) is 0.789. The molecular weight excluding hydrogens is 402 g/mol. The van der Waals surface area contributed by atoms with Crippen LogP contribution >= 0.6 is 0 Å². The Hall–Kier alpha value is -2.68. The third-order valence-electron chi connectivity index (χ3n) is 4.54. The molecule has 0 spiro atoms. The van der Waals surface area contributed by atoms with Crippen molar-refractivity contribution in [2.75, 3.05) is 22.8 Å². The van der Waals surface area contributed by atoms with Gasteiger partial charge in [0, 0.05) is 6.54 Å². The van der Waals surface area contributed by atoms with Crippen molar-refractivity contribution in [1.29, 1.82) is 0 Å². The second-order valence-corrected chi connectivity index (χ2v) is 9.14. The summed E-state index contributed by atoms with van der Waals surface area (Å²) in [5.74, 6) is -1.64. The first-order valence-corrected chi connectivity index (χ1v) is 10.6. The highest BCUT2D eigenvalue weighted by Crippen LogP contribution is 2.38. The number of halogens is 2. The van der Waals surface area contributed by atoms with E-state index in [0.29, 0.717) is 30.5 Å². The SMILES string of the molecule is CCCN1C(=O)C(C)(C)COc2ccc(NS(=O)(=O)c3cc(F)ccc3F)cc21. The number of ether oxygens (including phenoxy) is 1. The molecule has 1 N–H and O–H groups in total. The molecule has 0 aliphatic carbocycles. The minimum atomic E-state index is -4.38. The Kier molecular flexibility index (Phi) is 5.53. The molecule has 0 bridgehead atoms. The van der Waals surface area contributed by atoms with Crippen molar-refractivity contribution in [3.8, 4) is 5.75 Å². The molecule has 1 aliphatic rings. The minimum Gasteiger partial charge on any atom is -0.490 e. The largest absolute Gasteiger partial charge is 0.490 e. The number of fused-ring (bicyclic) bond motifs is 1. The molecule has 0 saturated carbocycles. The number of carbonyl (C=O) groups is 1. The van der Waals surface area contributed by atoms with E-state index in [1.807, 2.05) is 6.92 Å². The normalized spacial score (nSPS) is 16.0. The van der Waals surface area contributed by atoms with Crippen LogP contribution in [0.2, 0.25) is 0 Å². The highest BCUT2D eigenvalue weighted by atomic mass is 32.2. The van der Waals surface area contributed by atoms with Crippen molar-refractivity contribution in [2.24, 2.45) is 5.41 Å². The van der Waals surface area contributed by atoms with Gasteiger partial charge in [-0.25, -0.2) is 17.2 Å². The summed E-state index contributed by atoms with van der Waals surface area (Å²) in [6.45, 7) is 6.08. The molecule has 0 fully saturated rings. The van der Waals surface area contributed by atoms with Crippen molar-refractivity contribution >= 4 is 27.3 Å². The van der Waals surface area contributed by atoms with Crippen LogP contribution in [0.25, 0.3) is 0 Å². The maximum absolute atomic E-state index is 13.9. The molecule has 6 nitrogen and oxygen atoms in total. The van der Waals surface area contributed by atoms with Crippen molar-refractivity contribution in [2.45, 2.75) is 32.1 Å². The minimum absolute atomic E-state index is 0.102. The van der Waals surface area contributed by atoms with Crippen molar-refractivity contribution in [3.05, 3.63) is 48.0 Å². The summed E-state index contributed by atoms with van der Waals surface area (Å²) < 4.78 is 60.5. The summed E-state index contributed by atoms with van der Waals surface area (Å²) in [6, 6.07) is 6.65. The molecule has 0 atom stereocenters. The fourth-order valence-electron chi connectivity index (χ4n) is 3.05. The van der Waals surface area contributed by atoms with E-state index in [-0.39, 0.29) is 18.2 Å².